The van der Waals surface area contributed by atoms with Gasteiger partial charge in [-0.2, -0.15) is 0 Å². The van der Waals surface area contributed by atoms with Crippen molar-refractivity contribution >= 4 is 34.4 Å². The minimum Gasteiger partial charge on any atom is -0.341 e. The normalized spacial score (nSPS) is 13.7. The molecule has 8 nitrogen and oxygen atoms in total. The molecule has 29 heavy (non-hydrogen) atoms. The first-order valence-electron chi connectivity index (χ1n) is 9.98. The summed E-state index contributed by atoms with van der Waals surface area (Å²) in [5, 5.41) is 3.32. The summed E-state index contributed by atoms with van der Waals surface area (Å²) in [5.41, 5.74) is 3.37. The lowest BCUT2D eigenvalue weighted by molar-refractivity contribution is -0.128. The Labute approximate surface area is 170 Å². The second-order valence-corrected chi connectivity index (χ2v) is 7.22. The van der Waals surface area contributed by atoms with Crippen molar-refractivity contribution in [2.75, 3.05) is 36.4 Å². The van der Waals surface area contributed by atoms with Crippen LogP contribution >= 0.6 is 0 Å². The Morgan fingerprint density at radius 2 is 2.03 bits per heavy atom. The number of hydrogen-bond donors (Lipinski definition) is 1. The Bertz CT molecular complexity index is 1020. The highest BCUT2D eigenvalue weighted by Crippen LogP contribution is 2.23. The standard InChI is InChI=1S/C21H25N7O/c1-3-27(13-18(29)28-9-4-5-10-28)21-22-12-17-19(26-21)20(24-14-23-17)25-16-8-6-7-15(2)11-16/h6-8,11-12,14H,3-5,9-10,13H2,1-2H3,(H,23,24,25). The minimum atomic E-state index is 0.121. The van der Waals surface area contributed by atoms with Crippen LogP contribution in [0.15, 0.2) is 36.8 Å². The maximum atomic E-state index is 12.6. The van der Waals surface area contributed by atoms with E-state index in [0.717, 1.165) is 37.2 Å². The number of benzene rings is 1. The zero-order chi connectivity index (χ0) is 20.2. The van der Waals surface area contributed by atoms with E-state index in [1.165, 1.54) is 6.33 Å². The summed E-state index contributed by atoms with van der Waals surface area (Å²) >= 11 is 0. The molecule has 1 aliphatic rings. The SMILES string of the molecule is CCN(CC(=O)N1CCCC1)c1ncc2ncnc(Nc3cccc(C)c3)c2n1. The van der Waals surface area contributed by atoms with E-state index < -0.39 is 0 Å². The number of carbonyl (C=O) groups excluding carboxylic acids is 1. The lowest BCUT2D eigenvalue weighted by atomic mass is 10.2. The van der Waals surface area contributed by atoms with E-state index in [2.05, 4.69) is 20.3 Å². The monoisotopic (exact) mass is 391 g/mol. The Morgan fingerprint density at radius 1 is 1.21 bits per heavy atom. The van der Waals surface area contributed by atoms with Crippen LogP contribution in [0.5, 0.6) is 0 Å². The molecule has 3 aromatic rings. The number of nitrogens with one attached hydrogen (secondary N) is 1. The van der Waals surface area contributed by atoms with Gasteiger partial charge in [-0.15, -0.1) is 0 Å². The highest BCUT2D eigenvalue weighted by Gasteiger charge is 2.21. The molecule has 8 heteroatoms. The number of likely N-dealkylation sites (tertiary alicyclic amines) is 1. The van der Waals surface area contributed by atoms with E-state index in [-0.39, 0.29) is 12.5 Å². The fourth-order valence-corrected chi connectivity index (χ4v) is 3.50. The van der Waals surface area contributed by atoms with Crippen LogP contribution < -0.4 is 10.2 Å². The van der Waals surface area contributed by atoms with Crippen LogP contribution in [0.25, 0.3) is 11.0 Å². The molecule has 0 bridgehead atoms. The van der Waals surface area contributed by atoms with Crippen molar-refractivity contribution in [1.29, 1.82) is 0 Å². The molecule has 3 heterocycles. The molecule has 2 aromatic heterocycles. The fraction of sp³-hybridized carbons (Fsp3) is 0.381. The maximum absolute atomic E-state index is 12.6. The number of aromatic nitrogens is 4. The van der Waals surface area contributed by atoms with Crippen molar-refractivity contribution in [3.8, 4) is 0 Å². The largest absolute Gasteiger partial charge is 0.341 e. The average molecular weight is 391 g/mol. The van der Waals surface area contributed by atoms with Crippen molar-refractivity contribution in [3.05, 3.63) is 42.4 Å². The molecule has 1 N–H and O–H groups in total. The van der Waals surface area contributed by atoms with E-state index in [4.69, 9.17) is 4.98 Å². The highest BCUT2D eigenvalue weighted by atomic mass is 16.2. The Balaban J connectivity index is 1.62. The smallest absolute Gasteiger partial charge is 0.242 e. The summed E-state index contributed by atoms with van der Waals surface area (Å²) < 4.78 is 0. The molecule has 1 aliphatic heterocycles. The van der Waals surface area contributed by atoms with Gasteiger partial charge in [0, 0.05) is 25.3 Å². The summed E-state index contributed by atoms with van der Waals surface area (Å²) in [5.74, 6) is 1.25. The summed E-state index contributed by atoms with van der Waals surface area (Å²) in [7, 11) is 0. The van der Waals surface area contributed by atoms with Crippen molar-refractivity contribution in [3.63, 3.8) is 0 Å². The highest BCUT2D eigenvalue weighted by molar-refractivity contribution is 5.87. The zero-order valence-electron chi connectivity index (χ0n) is 16.8. The van der Waals surface area contributed by atoms with Crippen molar-refractivity contribution in [1.82, 2.24) is 24.8 Å². The van der Waals surface area contributed by atoms with Crippen LogP contribution in [0.4, 0.5) is 17.5 Å². The zero-order valence-corrected chi connectivity index (χ0v) is 16.8. The first-order valence-corrected chi connectivity index (χ1v) is 9.98. The Hall–Kier alpha value is -3.29. The fourth-order valence-electron chi connectivity index (χ4n) is 3.50. The summed E-state index contributed by atoms with van der Waals surface area (Å²) in [6, 6.07) is 8.06. The number of fused-ring (bicyclic) bond motifs is 1. The van der Waals surface area contributed by atoms with Crippen LogP contribution in [0.3, 0.4) is 0 Å². The molecule has 150 valence electrons. The van der Waals surface area contributed by atoms with Crippen LogP contribution in [-0.4, -0.2) is 56.9 Å². The lowest BCUT2D eigenvalue weighted by Crippen LogP contribution is -2.39. The summed E-state index contributed by atoms with van der Waals surface area (Å²) in [6.45, 7) is 6.63. The van der Waals surface area contributed by atoms with Crippen molar-refractivity contribution in [2.45, 2.75) is 26.7 Å². The Kier molecular flexibility index (Phi) is 5.50. The third-order valence-electron chi connectivity index (χ3n) is 5.09. The second-order valence-electron chi connectivity index (χ2n) is 7.22. The van der Waals surface area contributed by atoms with Gasteiger partial charge in [0.2, 0.25) is 11.9 Å². The average Bonchev–Trinajstić information content (AvgIpc) is 3.27. The second kappa shape index (κ2) is 8.38. The van der Waals surface area contributed by atoms with Gasteiger partial charge in [0.15, 0.2) is 5.82 Å². The van der Waals surface area contributed by atoms with Crippen LogP contribution in [0.1, 0.15) is 25.3 Å². The number of nitrogens with zero attached hydrogens (tertiary/aromatic N) is 6. The number of amides is 1. The molecule has 1 fully saturated rings. The van der Waals surface area contributed by atoms with Gasteiger partial charge >= 0.3 is 0 Å². The van der Waals surface area contributed by atoms with Crippen molar-refractivity contribution in [2.24, 2.45) is 0 Å². The van der Waals surface area contributed by atoms with Crippen molar-refractivity contribution < 1.29 is 4.79 Å². The molecule has 0 saturated carbocycles. The topological polar surface area (TPSA) is 87.1 Å². The van der Waals surface area contributed by atoms with E-state index >= 15 is 0 Å². The predicted molar refractivity (Wildman–Crippen MR) is 113 cm³/mol. The number of hydrogen-bond acceptors (Lipinski definition) is 7. The molecule has 4 rings (SSSR count). The van der Waals surface area contributed by atoms with Gasteiger partial charge in [-0.25, -0.2) is 19.9 Å². The number of aryl methyl sites for hydroxylation is 1. The van der Waals surface area contributed by atoms with Gasteiger partial charge in [-0.05, 0) is 44.4 Å². The van der Waals surface area contributed by atoms with Crippen LogP contribution in [-0.2, 0) is 4.79 Å². The van der Waals surface area contributed by atoms with E-state index in [0.29, 0.717) is 29.3 Å². The van der Waals surface area contributed by atoms with Crippen LogP contribution in [0, 0.1) is 6.92 Å². The molecule has 1 amide bonds. The van der Waals surface area contributed by atoms with Gasteiger partial charge in [0.25, 0.3) is 0 Å². The lowest BCUT2D eigenvalue weighted by Gasteiger charge is -2.23. The van der Waals surface area contributed by atoms with E-state index in [1.54, 1.807) is 6.20 Å². The molecule has 0 aliphatic carbocycles. The third-order valence-corrected chi connectivity index (χ3v) is 5.09. The molecular weight excluding hydrogens is 366 g/mol. The molecule has 0 unspecified atom stereocenters. The van der Waals surface area contributed by atoms with Gasteiger partial charge in [0.05, 0.1) is 12.7 Å². The first kappa shape index (κ1) is 19.0. The van der Waals surface area contributed by atoms with Gasteiger partial charge in [-0.1, -0.05) is 12.1 Å². The predicted octanol–water partition coefficient (Wildman–Crippen LogP) is 2.92. The molecule has 0 radical (unpaired) electrons. The molecule has 0 atom stereocenters. The first-order chi connectivity index (χ1) is 14.1. The Morgan fingerprint density at radius 3 is 2.79 bits per heavy atom. The number of anilines is 3. The number of likely N-dealkylation sites (N-methyl/N-ethyl adjacent to an activating group) is 1. The third kappa shape index (κ3) is 4.26. The molecule has 1 aromatic carbocycles. The van der Waals surface area contributed by atoms with Gasteiger partial charge in [-0.3, -0.25) is 4.79 Å². The van der Waals surface area contributed by atoms with Gasteiger partial charge in [0.1, 0.15) is 17.4 Å². The van der Waals surface area contributed by atoms with Crippen LogP contribution in [0.2, 0.25) is 0 Å². The maximum Gasteiger partial charge on any atom is 0.242 e. The molecule has 1 saturated heterocycles. The quantitative estimate of drug-likeness (QED) is 0.691. The molecular formula is C21H25N7O. The van der Waals surface area contributed by atoms with E-state index in [9.17, 15) is 4.79 Å². The summed E-state index contributed by atoms with van der Waals surface area (Å²) in [6.07, 6.45) is 5.34. The van der Waals surface area contributed by atoms with Gasteiger partial charge < -0.3 is 15.1 Å². The molecule has 0 spiro atoms. The summed E-state index contributed by atoms with van der Waals surface area (Å²) in [4.78, 5) is 34.2. The minimum absolute atomic E-state index is 0.121. The number of rotatable bonds is 6. The number of carbonyl (C=O) groups is 1. The van der Waals surface area contributed by atoms with E-state index in [1.807, 2.05) is 47.9 Å².